The second-order valence-electron chi connectivity index (χ2n) is 7.34. The van der Waals surface area contributed by atoms with Gasteiger partial charge in [-0.2, -0.15) is 9.49 Å². The highest BCUT2D eigenvalue weighted by Gasteiger charge is 2.35. The van der Waals surface area contributed by atoms with Crippen LogP contribution in [0.25, 0.3) is 0 Å². The Morgan fingerprint density at radius 3 is 2.38 bits per heavy atom. The number of aryl methyl sites for hydroxylation is 1. The summed E-state index contributed by atoms with van der Waals surface area (Å²) in [5, 5.41) is 7.06. The van der Waals surface area contributed by atoms with Crippen molar-refractivity contribution in [2.45, 2.75) is 32.6 Å². The molecule has 3 rings (SSSR count). The molecule has 2 aromatic heterocycles. The fourth-order valence-corrected chi connectivity index (χ4v) is 2.88. The van der Waals surface area contributed by atoms with Crippen molar-refractivity contribution < 1.29 is 14.0 Å². The molecule has 0 atom stereocenters. The van der Waals surface area contributed by atoms with E-state index in [1.807, 2.05) is 20.8 Å². The van der Waals surface area contributed by atoms with Gasteiger partial charge < -0.3 is 0 Å². The van der Waals surface area contributed by atoms with Gasteiger partial charge in [0.2, 0.25) is 5.95 Å². The molecule has 26 heavy (non-hydrogen) atoms. The maximum absolute atomic E-state index is 13.9. The summed E-state index contributed by atoms with van der Waals surface area (Å²) in [6.07, 6.45) is 1.91. The minimum atomic E-state index is -0.840. The number of rotatable bonds is 2. The van der Waals surface area contributed by atoms with E-state index in [9.17, 15) is 14.0 Å². The van der Waals surface area contributed by atoms with Gasteiger partial charge in [-0.1, -0.05) is 20.8 Å². The maximum atomic E-state index is 13.9. The van der Waals surface area contributed by atoms with Gasteiger partial charge in [-0.3, -0.25) is 14.3 Å². The molecular weight excluding hydrogens is 337 g/mol. The molecule has 0 aromatic carbocycles. The van der Waals surface area contributed by atoms with Gasteiger partial charge >= 0.3 is 0 Å². The molecule has 0 unspecified atom stereocenters. The lowest BCUT2D eigenvalue weighted by Gasteiger charge is -2.27. The van der Waals surface area contributed by atoms with Gasteiger partial charge in [-0.05, 0) is 24.6 Å². The predicted molar refractivity (Wildman–Crippen MR) is 92.8 cm³/mol. The lowest BCUT2D eigenvalue weighted by molar-refractivity contribution is 0.0175. The molecule has 2 aromatic rings. The third kappa shape index (κ3) is 3.18. The summed E-state index contributed by atoms with van der Waals surface area (Å²) in [7, 11) is 1.70. The van der Waals surface area contributed by atoms with Crippen LogP contribution in [0.4, 0.5) is 4.39 Å². The van der Waals surface area contributed by atoms with E-state index in [-0.39, 0.29) is 16.9 Å². The van der Waals surface area contributed by atoms with Crippen molar-refractivity contribution in [2.75, 3.05) is 13.1 Å². The normalized spacial score (nSPS) is 14.8. The smallest absolute Gasteiger partial charge is 0.267 e. The van der Waals surface area contributed by atoms with Gasteiger partial charge in [0.05, 0.1) is 11.3 Å². The summed E-state index contributed by atoms with van der Waals surface area (Å²) >= 11 is 0. The molecule has 1 fully saturated rings. The molecule has 7 nitrogen and oxygen atoms in total. The number of carbonyl (C=O) groups is 2. The first-order valence-electron chi connectivity index (χ1n) is 8.49. The van der Waals surface area contributed by atoms with Crippen molar-refractivity contribution >= 4 is 11.8 Å². The summed E-state index contributed by atoms with van der Waals surface area (Å²) in [6.45, 7) is 6.78. The third-order valence-electron chi connectivity index (χ3n) is 4.36. The van der Waals surface area contributed by atoms with Crippen molar-refractivity contribution in [1.82, 2.24) is 24.8 Å². The van der Waals surface area contributed by atoms with Crippen molar-refractivity contribution in [3.05, 3.63) is 47.3 Å². The third-order valence-corrected chi connectivity index (χ3v) is 4.36. The maximum Gasteiger partial charge on any atom is 0.290 e. The van der Waals surface area contributed by atoms with E-state index in [1.165, 1.54) is 33.0 Å². The average molecular weight is 359 g/mol. The lowest BCUT2D eigenvalue weighted by atomic mass is 9.92. The minimum absolute atomic E-state index is 0.146. The number of carbonyl (C=O) groups excluding carboxylic acids is 2. The first kappa shape index (κ1) is 18.0. The molecule has 1 saturated heterocycles. The van der Waals surface area contributed by atoms with E-state index in [0.29, 0.717) is 25.2 Å². The summed E-state index contributed by atoms with van der Waals surface area (Å²) < 4.78 is 15.4. The molecule has 0 spiro atoms. The molecule has 0 aliphatic carbocycles. The SMILES string of the molecule is Cn1nc(C(C)(C)C)cc1C(=O)N1CCCN1C(=O)c1cccnc1F. The van der Waals surface area contributed by atoms with Crippen molar-refractivity contribution in [2.24, 2.45) is 7.05 Å². The first-order valence-corrected chi connectivity index (χ1v) is 8.49. The topological polar surface area (TPSA) is 71.3 Å². The molecule has 8 heteroatoms. The monoisotopic (exact) mass is 359 g/mol. The molecule has 138 valence electrons. The highest BCUT2D eigenvalue weighted by molar-refractivity contribution is 5.98. The minimum Gasteiger partial charge on any atom is -0.267 e. The van der Waals surface area contributed by atoms with Crippen LogP contribution >= 0.6 is 0 Å². The molecule has 0 radical (unpaired) electrons. The Morgan fingerprint density at radius 1 is 1.15 bits per heavy atom. The molecule has 0 N–H and O–H groups in total. The molecule has 0 saturated carbocycles. The first-order chi connectivity index (χ1) is 12.2. The Kier molecular flexibility index (Phi) is 4.52. The average Bonchev–Trinajstić information content (AvgIpc) is 3.20. The Balaban J connectivity index is 1.89. The van der Waals surface area contributed by atoms with Gasteiger partial charge in [0.1, 0.15) is 5.69 Å². The number of nitrogens with zero attached hydrogens (tertiary/aromatic N) is 5. The number of hydrazine groups is 1. The fraction of sp³-hybridized carbons (Fsp3) is 0.444. The van der Waals surface area contributed by atoms with Crippen LogP contribution in [0.3, 0.4) is 0 Å². The molecule has 1 aliphatic rings. The van der Waals surface area contributed by atoms with Crippen LogP contribution in [-0.2, 0) is 12.5 Å². The zero-order valence-electron chi connectivity index (χ0n) is 15.4. The Labute approximate surface area is 151 Å². The van der Waals surface area contributed by atoms with Gasteiger partial charge in [-0.25, -0.2) is 15.0 Å². The van der Waals surface area contributed by atoms with Gasteiger partial charge in [0.15, 0.2) is 0 Å². The predicted octanol–water partition coefficient (Wildman–Crippen LogP) is 2.16. The van der Waals surface area contributed by atoms with Gasteiger partial charge in [0, 0.05) is 31.7 Å². The van der Waals surface area contributed by atoms with Crippen LogP contribution < -0.4 is 0 Å². The number of pyridine rings is 1. The van der Waals surface area contributed by atoms with Crippen molar-refractivity contribution in [3.8, 4) is 0 Å². The Bertz CT molecular complexity index is 856. The number of aromatic nitrogens is 3. The second kappa shape index (κ2) is 6.51. The molecule has 3 heterocycles. The van der Waals surface area contributed by atoms with Crippen LogP contribution in [-0.4, -0.2) is 49.7 Å². The van der Waals surface area contributed by atoms with E-state index in [0.717, 1.165) is 5.69 Å². The van der Waals surface area contributed by atoms with E-state index in [2.05, 4.69) is 10.1 Å². The summed E-state index contributed by atoms with van der Waals surface area (Å²) in [4.78, 5) is 29.2. The highest BCUT2D eigenvalue weighted by atomic mass is 19.1. The number of hydrogen-bond acceptors (Lipinski definition) is 4. The Morgan fingerprint density at radius 2 is 1.81 bits per heavy atom. The van der Waals surface area contributed by atoms with Crippen molar-refractivity contribution in [1.29, 1.82) is 0 Å². The van der Waals surface area contributed by atoms with Crippen LogP contribution in [0.1, 0.15) is 53.7 Å². The quantitative estimate of drug-likeness (QED) is 0.771. The Hall–Kier alpha value is -2.77. The van der Waals surface area contributed by atoms with Gasteiger partial charge in [-0.15, -0.1) is 0 Å². The van der Waals surface area contributed by atoms with E-state index < -0.39 is 11.9 Å². The molecule has 1 aliphatic heterocycles. The lowest BCUT2D eigenvalue weighted by Crippen LogP contribution is -2.45. The van der Waals surface area contributed by atoms with Crippen LogP contribution in [0.15, 0.2) is 24.4 Å². The molecular formula is C18H22FN5O2. The van der Waals surface area contributed by atoms with Crippen molar-refractivity contribution in [3.63, 3.8) is 0 Å². The summed E-state index contributed by atoms with van der Waals surface area (Å²) in [6, 6.07) is 4.61. The zero-order valence-corrected chi connectivity index (χ0v) is 15.4. The van der Waals surface area contributed by atoms with E-state index in [1.54, 1.807) is 13.1 Å². The molecule has 2 amide bonds. The fourth-order valence-electron chi connectivity index (χ4n) is 2.88. The van der Waals surface area contributed by atoms with E-state index in [4.69, 9.17) is 0 Å². The second-order valence-corrected chi connectivity index (χ2v) is 7.34. The highest BCUT2D eigenvalue weighted by Crippen LogP contribution is 2.24. The van der Waals surface area contributed by atoms with Gasteiger partial charge in [0.25, 0.3) is 11.8 Å². The van der Waals surface area contributed by atoms with Crippen LogP contribution in [0, 0.1) is 5.95 Å². The number of hydrogen-bond donors (Lipinski definition) is 0. The van der Waals surface area contributed by atoms with Crippen LogP contribution in [0.2, 0.25) is 0 Å². The largest absolute Gasteiger partial charge is 0.290 e. The summed E-state index contributed by atoms with van der Waals surface area (Å²) in [5.74, 6) is -1.74. The van der Waals surface area contributed by atoms with E-state index >= 15 is 0 Å². The number of amides is 2. The van der Waals surface area contributed by atoms with Crippen LogP contribution in [0.5, 0.6) is 0 Å². The molecule has 0 bridgehead atoms. The number of halogens is 1. The summed E-state index contributed by atoms with van der Waals surface area (Å²) in [5.41, 5.74) is 0.836. The standard InChI is InChI=1S/C18H22FN5O2/c1-18(2,3)14-11-13(22(4)21-14)17(26)24-10-6-9-23(24)16(25)12-7-5-8-20-15(12)19/h5,7-8,11H,6,9-10H2,1-4H3. The zero-order chi connectivity index (χ0) is 19.1.